The molecule has 0 N–H and O–H groups in total. The van der Waals surface area contributed by atoms with Gasteiger partial charge in [-0.15, -0.1) is 0 Å². The number of piperazine rings is 1. The third-order valence-corrected chi connectivity index (χ3v) is 3.56. The number of carbonyl (C=O) groups is 2. The average Bonchev–Trinajstić information content (AvgIpc) is 2.53. The van der Waals surface area contributed by atoms with E-state index >= 15 is 0 Å². The molecule has 2 rings (SSSR count). The van der Waals surface area contributed by atoms with Crippen LogP contribution in [0.25, 0.3) is 0 Å². The number of nitrogens with zero attached hydrogens (tertiary/aromatic N) is 2. The van der Waals surface area contributed by atoms with Crippen molar-refractivity contribution in [1.29, 1.82) is 0 Å². The first kappa shape index (κ1) is 14.4. The first-order valence-electron chi connectivity index (χ1n) is 6.87. The van der Waals surface area contributed by atoms with Crippen LogP contribution in [0.3, 0.4) is 0 Å². The summed E-state index contributed by atoms with van der Waals surface area (Å²) in [5.41, 5.74) is 0.574. The normalized spacial score (nSPS) is 15.1. The van der Waals surface area contributed by atoms with Gasteiger partial charge in [0.15, 0.2) is 0 Å². The lowest BCUT2D eigenvalue weighted by Crippen LogP contribution is -2.50. The molecule has 2 amide bonds. The topological polar surface area (TPSA) is 49.9 Å². The summed E-state index contributed by atoms with van der Waals surface area (Å²) in [6.07, 6.45) is 0.514. The number of benzene rings is 1. The van der Waals surface area contributed by atoms with Gasteiger partial charge in [0.1, 0.15) is 5.75 Å². The largest absolute Gasteiger partial charge is 0.496 e. The van der Waals surface area contributed by atoms with Crippen LogP contribution in [0.15, 0.2) is 24.3 Å². The molecule has 20 heavy (non-hydrogen) atoms. The Morgan fingerprint density at radius 3 is 2.30 bits per heavy atom. The van der Waals surface area contributed by atoms with Crippen LogP contribution < -0.4 is 4.74 Å². The molecule has 1 fully saturated rings. The van der Waals surface area contributed by atoms with Gasteiger partial charge in [-0.25, -0.2) is 0 Å². The molecule has 0 unspecified atom stereocenters. The van der Waals surface area contributed by atoms with Crippen LogP contribution in [0, 0.1) is 0 Å². The monoisotopic (exact) mass is 276 g/mol. The van der Waals surface area contributed by atoms with E-state index < -0.39 is 0 Å². The Morgan fingerprint density at radius 1 is 1.10 bits per heavy atom. The summed E-state index contributed by atoms with van der Waals surface area (Å²) in [5.74, 6) is 0.699. The number of para-hydroxylation sites is 1. The molecule has 0 bridgehead atoms. The number of methoxy groups -OCH3 is 1. The maximum atomic E-state index is 12.5. The first-order valence-corrected chi connectivity index (χ1v) is 6.87. The van der Waals surface area contributed by atoms with E-state index in [4.69, 9.17) is 4.74 Å². The van der Waals surface area contributed by atoms with E-state index in [9.17, 15) is 9.59 Å². The van der Waals surface area contributed by atoms with Gasteiger partial charge in [0.25, 0.3) is 5.91 Å². The zero-order valence-corrected chi connectivity index (χ0v) is 12.0. The van der Waals surface area contributed by atoms with Gasteiger partial charge in [-0.05, 0) is 12.1 Å². The minimum atomic E-state index is -0.0361. The molecule has 0 radical (unpaired) electrons. The van der Waals surface area contributed by atoms with Gasteiger partial charge in [-0.1, -0.05) is 19.1 Å². The predicted molar refractivity (Wildman–Crippen MR) is 75.8 cm³/mol. The molecule has 0 atom stereocenters. The summed E-state index contributed by atoms with van der Waals surface area (Å²) in [6.45, 7) is 4.21. The fourth-order valence-corrected chi connectivity index (χ4v) is 2.37. The molecule has 1 saturated heterocycles. The molecule has 0 spiro atoms. The van der Waals surface area contributed by atoms with Crippen LogP contribution in [0.2, 0.25) is 0 Å². The number of hydrogen-bond acceptors (Lipinski definition) is 3. The number of carbonyl (C=O) groups excluding carboxylic acids is 2. The van der Waals surface area contributed by atoms with Crippen LogP contribution in [-0.2, 0) is 4.79 Å². The summed E-state index contributed by atoms with van der Waals surface area (Å²) in [4.78, 5) is 27.7. The van der Waals surface area contributed by atoms with Crippen LogP contribution in [0.1, 0.15) is 23.7 Å². The fraction of sp³-hybridized carbons (Fsp3) is 0.467. The predicted octanol–water partition coefficient (Wildman–Crippen LogP) is 1.39. The van der Waals surface area contributed by atoms with Crippen molar-refractivity contribution in [3.05, 3.63) is 29.8 Å². The third-order valence-electron chi connectivity index (χ3n) is 3.56. The Hall–Kier alpha value is -2.04. The van der Waals surface area contributed by atoms with E-state index in [1.54, 1.807) is 24.1 Å². The fourth-order valence-electron chi connectivity index (χ4n) is 2.37. The summed E-state index contributed by atoms with van der Waals surface area (Å²) in [5, 5.41) is 0. The summed E-state index contributed by atoms with van der Waals surface area (Å²) < 4.78 is 5.22. The molecule has 1 aliphatic rings. The van der Waals surface area contributed by atoms with Gasteiger partial charge >= 0.3 is 0 Å². The second kappa shape index (κ2) is 6.41. The van der Waals surface area contributed by atoms with E-state index in [2.05, 4.69) is 0 Å². The quantitative estimate of drug-likeness (QED) is 0.838. The van der Waals surface area contributed by atoms with Gasteiger partial charge in [-0.3, -0.25) is 9.59 Å². The third kappa shape index (κ3) is 2.92. The molecule has 0 saturated carbocycles. The maximum Gasteiger partial charge on any atom is 0.257 e. The standard InChI is InChI=1S/C15H20N2O3/c1-3-14(18)16-8-10-17(11-9-16)15(19)12-6-4-5-7-13(12)20-2/h4-7H,3,8-11H2,1-2H3. The highest BCUT2D eigenvalue weighted by molar-refractivity contribution is 5.97. The van der Waals surface area contributed by atoms with E-state index in [-0.39, 0.29) is 11.8 Å². The van der Waals surface area contributed by atoms with Crippen LogP contribution in [0.4, 0.5) is 0 Å². The van der Waals surface area contributed by atoms with Gasteiger partial charge in [0.2, 0.25) is 5.91 Å². The van der Waals surface area contributed by atoms with Gasteiger partial charge in [-0.2, -0.15) is 0 Å². The van der Waals surface area contributed by atoms with Gasteiger partial charge in [0.05, 0.1) is 12.7 Å². The lowest BCUT2D eigenvalue weighted by Gasteiger charge is -2.34. The van der Waals surface area contributed by atoms with Crippen molar-refractivity contribution in [1.82, 2.24) is 9.80 Å². The molecule has 0 aromatic heterocycles. The maximum absolute atomic E-state index is 12.5. The Kier molecular flexibility index (Phi) is 4.61. The zero-order valence-electron chi connectivity index (χ0n) is 12.0. The van der Waals surface area contributed by atoms with Crippen LogP contribution >= 0.6 is 0 Å². The second-order valence-corrected chi connectivity index (χ2v) is 4.73. The van der Waals surface area contributed by atoms with Crippen molar-refractivity contribution in [2.24, 2.45) is 0 Å². The van der Waals surface area contributed by atoms with Crippen molar-refractivity contribution in [3.8, 4) is 5.75 Å². The molecule has 5 nitrogen and oxygen atoms in total. The Morgan fingerprint density at radius 2 is 1.70 bits per heavy atom. The van der Waals surface area contributed by atoms with Crippen molar-refractivity contribution >= 4 is 11.8 Å². The van der Waals surface area contributed by atoms with Crippen molar-refractivity contribution in [2.45, 2.75) is 13.3 Å². The van der Waals surface area contributed by atoms with E-state index in [0.717, 1.165) is 0 Å². The Bertz CT molecular complexity index is 494. The molecule has 1 heterocycles. The minimum absolute atomic E-state index is 0.0361. The number of ether oxygens (including phenoxy) is 1. The highest BCUT2D eigenvalue weighted by atomic mass is 16.5. The number of hydrogen-bond donors (Lipinski definition) is 0. The van der Waals surface area contributed by atoms with E-state index in [1.807, 2.05) is 24.0 Å². The first-order chi connectivity index (χ1) is 9.67. The molecule has 1 aromatic carbocycles. The average molecular weight is 276 g/mol. The molecule has 0 aliphatic carbocycles. The van der Waals surface area contributed by atoms with Crippen molar-refractivity contribution in [3.63, 3.8) is 0 Å². The van der Waals surface area contributed by atoms with Gasteiger partial charge < -0.3 is 14.5 Å². The number of amides is 2. The Labute approximate surface area is 119 Å². The van der Waals surface area contributed by atoms with Crippen LogP contribution in [-0.4, -0.2) is 54.9 Å². The van der Waals surface area contributed by atoms with Crippen molar-refractivity contribution in [2.75, 3.05) is 33.3 Å². The molecule has 5 heteroatoms. The summed E-state index contributed by atoms with van der Waals surface area (Å²) >= 11 is 0. The van der Waals surface area contributed by atoms with Crippen molar-refractivity contribution < 1.29 is 14.3 Å². The highest BCUT2D eigenvalue weighted by Gasteiger charge is 2.25. The molecular formula is C15H20N2O3. The smallest absolute Gasteiger partial charge is 0.257 e. The molecule has 108 valence electrons. The van der Waals surface area contributed by atoms with E-state index in [0.29, 0.717) is 43.9 Å². The minimum Gasteiger partial charge on any atom is -0.496 e. The number of rotatable bonds is 3. The molecular weight excluding hydrogens is 256 g/mol. The lowest BCUT2D eigenvalue weighted by molar-refractivity contribution is -0.132. The lowest BCUT2D eigenvalue weighted by atomic mass is 10.1. The summed E-state index contributed by atoms with van der Waals surface area (Å²) in [7, 11) is 1.56. The van der Waals surface area contributed by atoms with E-state index in [1.165, 1.54) is 0 Å². The second-order valence-electron chi connectivity index (χ2n) is 4.73. The molecule has 1 aromatic rings. The SMILES string of the molecule is CCC(=O)N1CCN(C(=O)c2ccccc2OC)CC1. The summed E-state index contributed by atoms with van der Waals surface area (Å²) in [6, 6.07) is 7.22. The van der Waals surface area contributed by atoms with Gasteiger partial charge in [0, 0.05) is 32.6 Å². The molecule has 1 aliphatic heterocycles. The zero-order chi connectivity index (χ0) is 14.5. The van der Waals surface area contributed by atoms with Crippen LogP contribution in [0.5, 0.6) is 5.75 Å². The Balaban J connectivity index is 2.03. The highest BCUT2D eigenvalue weighted by Crippen LogP contribution is 2.20.